The summed E-state index contributed by atoms with van der Waals surface area (Å²) in [4.78, 5) is -0.0910. The summed E-state index contributed by atoms with van der Waals surface area (Å²) in [5, 5.41) is 0. The molecule has 1 aliphatic heterocycles. The maximum atomic E-state index is 6.14. The van der Waals surface area contributed by atoms with Crippen molar-refractivity contribution in [2.45, 2.75) is 9.25 Å². The lowest BCUT2D eigenvalue weighted by atomic mass is 11.2. The Morgan fingerprint density at radius 2 is 1.38 bits per heavy atom. The molecular formula is C4H4Cl6Si3. The van der Waals surface area contributed by atoms with Gasteiger partial charge in [-0.3, -0.25) is 0 Å². The maximum Gasteiger partial charge on any atom is 0.273 e. The standard InChI is InChI=1S/C4H4Cl6Si3/c5-3(6)11-4-12(7,8)1-2-13(4,9)10/h1-4H. The first-order valence-corrected chi connectivity index (χ1v) is 13.6. The molecule has 0 nitrogen and oxygen atoms in total. The molecule has 0 saturated carbocycles. The Bertz CT molecular complexity index is 208. The van der Waals surface area contributed by atoms with Gasteiger partial charge in [-0.1, -0.05) is 11.4 Å². The van der Waals surface area contributed by atoms with Crippen LogP contribution in [0.15, 0.2) is 11.4 Å². The van der Waals surface area contributed by atoms with Gasteiger partial charge in [-0.05, 0) is 0 Å². The van der Waals surface area contributed by atoms with Crippen molar-refractivity contribution in [1.29, 1.82) is 0 Å². The van der Waals surface area contributed by atoms with Gasteiger partial charge in [0.1, 0.15) is 0 Å². The molecule has 0 saturated heterocycles. The third-order valence-electron chi connectivity index (χ3n) is 1.59. The largest absolute Gasteiger partial charge is 0.273 e. The van der Waals surface area contributed by atoms with Gasteiger partial charge < -0.3 is 0 Å². The van der Waals surface area contributed by atoms with Crippen LogP contribution >= 0.6 is 67.5 Å². The van der Waals surface area contributed by atoms with E-state index in [1.165, 1.54) is 0 Å². The predicted octanol–water partition coefficient (Wildman–Crippen LogP) is 3.81. The summed E-state index contributed by atoms with van der Waals surface area (Å²) in [5.74, 6) is 0. The zero-order valence-corrected chi connectivity index (χ0v) is 13.6. The van der Waals surface area contributed by atoms with Crippen molar-refractivity contribution >= 4 is 90.4 Å². The first kappa shape index (κ1) is 13.2. The maximum absolute atomic E-state index is 6.14. The molecule has 1 aliphatic rings. The van der Waals surface area contributed by atoms with E-state index >= 15 is 0 Å². The molecule has 0 amide bonds. The fourth-order valence-electron chi connectivity index (χ4n) is 1.02. The summed E-state index contributed by atoms with van der Waals surface area (Å²) >= 11 is 35.9. The minimum Gasteiger partial charge on any atom is -0.141 e. The van der Waals surface area contributed by atoms with Gasteiger partial charge in [0.15, 0.2) is 0 Å². The van der Waals surface area contributed by atoms with Gasteiger partial charge in [-0.25, -0.2) is 0 Å². The summed E-state index contributed by atoms with van der Waals surface area (Å²) in [5.41, 5.74) is 3.52. The second-order valence-electron chi connectivity index (χ2n) is 2.58. The first-order valence-electron chi connectivity index (χ1n) is 3.26. The number of rotatable bonds is 2. The highest BCUT2D eigenvalue weighted by atomic mass is 35.7. The predicted molar refractivity (Wildman–Crippen MR) is 69.1 cm³/mol. The Morgan fingerprint density at radius 1 is 1.00 bits per heavy atom. The molecule has 0 aromatic rings. The number of alkyl halides is 2. The Balaban J connectivity index is 2.80. The second kappa shape index (κ2) is 4.55. The van der Waals surface area contributed by atoms with E-state index in [1.54, 1.807) is 11.4 Å². The van der Waals surface area contributed by atoms with Crippen molar-refractivity contribution in [3.8, 4) is 0 Å². The molecule has 0 fully saturated rings. The zero-order valence-electron chi connectivity index (χ0n) is 6.08. The van der Waals surface area contributed by atoms with E-state index < -0.39 is 17.8 Å². The lowest BCUT2D eigenvalue weighted by Gasteiger charge is -2.25. The number of hydrogen-bond acceptors (Lipinski definition) is 0. The van der Waals surface area contributed by atoms with Crippen LogP contribution in [0, 0.1) is 0 Å². The van der Waals surface area contributed by atoms with Crippen molar-refractivity contribution in [2.75, 3.05) is 0 Å². The third kappa shape index (κ3) is 3.29. The van der Waals surface area contributed by atoms with Gasteiger partial charge in [0.05, 0.1) is 14.0 Å². The minimum absolute atomic E-state index is 0.0910. The van der Waals surface area contributed by atoms with Gasteiger partial charge in [-0.15, -0.1) is 67.5 Å². The summed E-state index contributed by atoms with van der Waals surface area (Å²) < 4.78 is -0.487. The van der Waals surface area contributed by atoms with Crippen molar-refractivity contribution < 1.29 is 0 Å². The second-order valence-corrected chi connectivity index (χ2v) is 20.8. The average Bonchev–Trinajstić information content (AvgIpc) is 2.12. The highest BCUT2D eigenvalue weighted by Crippen LogP contribution is 2.48. The zero-order chi connectivity index (χ0) is 10.3. The van der Waals surface area contributed by atoms with Gasteiger partial charge >= 0.3 is 0 Å². The van der Waals surface area contributed by atoms with Crippen LogP contribution in [0.5, 0.6) is 0 Å². The molecule has 0 unspecified atom stereocenters. The molecular weight excluding hydrogens is 345 g/mol. The molecule has 0 bridgehead atoms. The van der Waals surface area contributed by atoms with Gasteiger partial charge in [0.2, 0.25) is 0 Å². The summed E-state index contributed by atoms with van der Waals surface area (Å²) in [6.07, 6.45) is 0. The Labute approximate surface area is 110 Å². The van der Waals surface area contributed by atoms with E-state index in [2.05, 4.69) is 0 Å². The van der Waals surface area contributed by atoms with Crippen molar-refractivity contribution in [1.82, 2.24) is 0 Å². The van der Waals surface area contributed by atoms with E-state index in [0.29, 0.717) is 0 Å². The molecule has 1 rings (SSSR count). The van der Waals surface area contributed by atoms with Crippen LogP contribution in [0.1, 0.15) is 0 Å². The van der Waals surface area contributed by atoms with E-state index in [1.807, 2.05) is 0 Å². The molecule has 9 heteroatoms. The van der Waals surface area contributed by atoms with E-state index in [4.69, 9.17) is 67.5 Å². The van der Waals surface area contributed by atoms with Gasteiger partial charge in [0.25, 0.3) is 13.4 Å². The fourth-order valence-corrected chi connectivity index (χ4v) is 24.2. The van der Waals surface area contributed by atoms with Crippen molar-refractivity contribution in [2.24, 2.45) is 0 Å². The molecule has 0 spiro atoms. The monoisotopic (exact) mass is 346 g/mol. The third-order valence-corrected chi connectivity index (χ3v) is 21.0. The minimum atomic E-state index is -2.46. The quantitative estimate of drug-likeness (QED) is 0.404. The summed E-state index contributed by atoms with van der Waals surface area (Å²) in [7, 11) is 0.209. The van der Waals surface area contributed by atoms with E-state index in [-0.39, 0.29) is 14.3 Å². The van der Waals surface area contributed by atoms with Crippen LogP contribution in [0.4, 0.5) is 0 Å². The Morgan fingerprint density at radius 3 is 1.69 bits per heavy atom. The Hall–Kier alpha value is 2.13. The lowest BCUT2D eigenvalue weighted by Crippen LogP contribution is -2.40. The number of halogens is 6. The highest BCUT2D eigenvalue weighted by molar-refractivity contribution is 7.64. The van der Waals surface area contributed by atoms with Gasteiger partial charge in [-0.2, -0.15) is 0 Å². The van der Waals surface area contributed by atoms with E-state index in [0.717, 1.165) is 0 Å². The summed E-state index contributed by atoms with van der Waals surface area (Å²) in [6.45, 7) is -4.93. The van der Waals surface area contributed by atoms with Crippen LogP contribution < -0.4 is 0 Å². The molecule has 0 N–H and O–H groups in total. The molecule has 0 aromatic heterocycles. The molecule has 2 radical (unpaired) electrons. The lowest BCUT2D eigenvalue weighted by molar-refractivity contribution is 1.66. The molecule has 0 atom stereocenters. The van der Waals surface area contributed by atoms with Crippen LogP contribution in [0.3, 0.4) is 0 Å². The topological polar surface area (TPSA) is 0 Å². The normalized spacial score (nSPS) is 25.8. The molecule has 74 valence electrons. The first-order chi connectivity index (χ1) is 5.76. The smallest absolute Gasteiger partial charge is 0.141 e. The van der Waals surface area contributed by atoms with Gasteiger partial charge in [0, 0.05) is 4.79 Å². The van der Waals surface area contributed by atoms with Crippen molar-refractivity contribution in [3.05, 3.63) is 11.4 Å². The van der Waals surface area contributed by atoms with Crippen LogP contribution in [0.25, 0.3) is 0 Å². The Kier molecular flexibility index (Phi) is 4.62. The molecule has 13 heavy (non-hydrogen) atoms. The van der Waals surface area contributed by atoms with Crippen LogP contribution in [0.2, 0.25) is 4.79 Å². The van der Waals surface area contributed by atoms with Crippen molar-refractivity contribution in [3.63, 3.8) is 0 Å². The number of hydrogen-bond donors (Lipinski definition) is 0. The average molecular weight is 349 g/mol. The molecule has 0 aliphatic carbocycles. The molecule has 1 heterocycles. The van der Waals surface area contributed by atoms with Crippen LogP contribution in [-0.2, 0) is 0 Å². The van der Waals surface area contributed by atoms with E-state index in [9.17, 15) is 0 Å². The molecule has 0 aromatic carbocycles. The fraction of sp³-hybridized carbons (Fsp3) is 0.500. The highest BCUT2D eigenvalue weighted by Gasteiger charge is 2.55. The van der Waals surface area contributed by atoms with Crippen LogP contribution in [-0.4, -0.2) is 27.4 Å². The SMILES string of the molecule is ClC(Cl)[Si]C1[Si](Cl)(Cl)C=C[Si]1(Cl)Cl. The summed E-state index contributed by atoms with van der Waals surface area (Å²) in [6, 6.07) is 0.